The summed E-state index contributed by atoms with van der Waals surface area (Å²) < 4.78 is 4.44. The number of ether oxygens (including phenoxy) is 1. The van der Waals surface area contributed by atoms with E-state index in [-0.39, 0.29) is 28.3 Å². The van der Waals surface area contributed by atoms with E-state index in [1.54, 1.807) is 7.11 Å². The third-order valence-corrected chi connectivity index (χ3v) is 0.470. The molecule has 0 heterocycles. The van der Waals surface area contributed by atoms with Crippen molar-refractivity contribution in [3.8, 4) is 0 Å². The quantitative estimate of drug-likeness (QED) is 0.487. The second-order valence-electron chi connectivity index (χ2n) is 1.26. The van der Waals surface area contributed by atoms with E-state index >= 15 is 0 Å². The van der Waals surface area contributed by atoms with Crippen LogP contribution in [0.4, 0.5) is 0 Å². The minimum absolute atomic E-state index is 0. The first-order valence-electron chi connectivity index (χ1n) is 2.64. The molecule has 0 bridgehead atoms. The molecule has 0 aromatic rings. The molecule has 0 aromatic heterocycles. The average molecular weight is 196 g/mol. The van der Waals surface area contributed by atoms with Crippen LogP contribution in [-0.2, 0) is 31.2 Å². The molecule has 0 radical (unpaired) electrons. The first-order valence-corrected chi connectivity index (χ1v) is 2.64. The van der Waals surface area contributed by atoms with Crippen LogP contribution in [0, 0.1) is 0 Å². The molecule has 11 heavy (non-hydrogen) atoms. The largest absolute Gasteiger partial charge is 0.478 e. The van der Waals surface area contributed by atoms with E-state index < -0.39 is 5.97 Å². The molecule has 0 aromatic carbocycles. The number of carboxylic acids is 1. The molecule has 0 aliphatic rings. The molecule has 2 N–H and O–H groups in total. The van der Waals surface area contributed by atoms with Gasteiger partial charge in [0.25, 0.3) is 0 Å². The minimum atomic E-state index is -0.981. The van der Waals surface area contributed by atoms with Gasteiger partial charge in [0.1, 0.15) is 0 Å². The molecule has 0 amide bonds. The number of carbonyl (C=O) groups is 1. The van der Waals surface area contributed by atoms with Crippen molar-refractivity contribution < 1.29 is 41.5 Å². The Labute approximate surface area is 80.7 Å². The molecule has 0 spiro atoms. The van der Waals surface area contributed by atoms with Crippen LogP contribution in [0.3, 0.4) is 0 Å². The molecule has 0 aliphatic carbocycles. The van der Waals surface area contributed by atoms with Crippen molar-refractivity contribution in [1.82, 2.24) is 0 Å². The third-order valence-electron chi connectivity index (χ3n) is 0.470. The molecular weight excluding hydrogens is 184 g/mol. The monoisotopic (exact) mass is 196 g/mol. The normalized spacial score (nSPS) is 6.73. The second kappa shape index (κ2) is 16.4. The van der Waals surface area contributed by atoms with Gasteiger partial charge in [0.2, 0.25) is 0 Å². The van der Waals surface area contributed by atoms with Gasteiger partial charge in [-0.2, -0.15) is 0 Å². The Balaban J connectivity index is -0.000000107. The summed E-state index contributed by atoms with van der Waals surface area (Å²) in [5, 5.41) is 15.5. The minimum Gasteiger partial charge on any atom is -0.478 e. The van der Waals surface area contributed by atoms with E-state index in [0.29, 0.717) is 6.61 Å². The maximum atomic E-state index is 9.25. The Bertz CT molecular complexity index is 92.6. The summed E-state index contributed by atoms with van der Waals surface area (Å²) >= 11 is 0. The first-order chi connectivity index (χ1) is 4.68. The summed E-state index contributed by atoms with van der Waals surface area (Å²) in [6.07, 6.45) is 0.833. The molecular formula is C6H12O4Ti. The first kappa shape index (κ1) is 17.1. The van der Waals surface area contributed by atoms with Crippen LogP contribution in [0.25, 0.3) is 0 Å². The fourth-order valence-corrected chi connectivity index (χ4v) is 0.0913. The second-order valence-corrected chi connectivity index (χ2v) is 1.26. The number of methoxy groups -OCH3 is 1. The van der Waals surface area contributed by atoms with E-state index in [4.69, 9.17) is 10.2 Å². The van der Waals surface area contributed by atoms with Crippen molar-refractivity contribution >= 4 is 5.97 Å². The summed E-state index contributed by atoms with van der Waals surface area (Å²) in [6.45, 7) is 3.53. The van der Waals surface area contributed by atoms with Crippen molar-refractivity contribution in [2.75, 3.05) is 20.3 Å². The molecule has 64 valence electrons. The zero-order valence-corrected chi connectivity index (χ0v) is 7.97. The molecule has 0 saturated carbocycles. The molecule has 0 unspecified atom stereocenters. The zero-order chi connectivity index (χ0) is 8.41. The molecule has 0 atom stereocenters. The predicted octanol–water partition coefficient (Wildman–Crippen LogP) is -0.120. The van der Waals surface area contributed by atoms with Gasteiger partial charge >= 0.3 is 5.97 Å². The van der Waals surface area contributed by atoms with Gasteiger partial charge in [-0.15, -0.1) is 0 Å². The standard InChI is InChI=1S/C3H8O2.C3H4O2.Ti/c1-5-3-2-4;1-2-3(4)5;/h4H,2-3H2,1H3;2H,1H2,(H,4,5);. The van der Waals surface area contributed by atoms with Crippen molar-refractivity contribution in [3.05, 3.63) is 12.7 Å². The van der Waals surface area contributed by atoms with Gasteiger partial charge in [0, 0.05) is 34.9 Å². The van der Waals surface area contributed by atoms with E-state index in [1.807, 2.05) is 0 Å². The van der Waals surface area contributed by atoms with E-state index in [2.05, 4.69) is 11.3 Å². The van der Waals surface area contributed by atoms with Gasteiger partial charge < -0.3 is 14.9 Å². The fourth-order valence-electron chi connectivity index (χ4n) is 0.0913. The van der Waals surface area contributed by atoms with Crippen molar-refractivity contribution in [1.29, 1.82) is 0 Å². The van der Waals surface area contributed by atoms with Gasteiger partial charge in [0.05, 0.1) is 13.2 Å². The molecule has 4 nitrogen and oxygen atoms in total. The van der Waals surface area contributed by atoms with Crippen molar-refractivity contribution in [3.63, 3.8) is 0 Å². The Morgan fingerprint density at radius 1 is 1.73 bits per heavy atom. The van der Waals surface area contributed by atoms with Crippen LogP contribution < -0.4 is 0 Å². The summed E-state index contributed by atoms with van der Waals surface area (Å²) in [5.41, 5.74) is 0. The van der Waals surface area contributed by atoms with Crippen LogP contribution in [0.5, 0.6) is 0 Å². The summed E-state index contributed by atoms with van der Waals surface area (Å²) in [4.78, 5) is 9.25. The van der Waals surface area contributed by atoms with Crippen LogP contribution in [0.1, 0.15) is 0 Å². The van der Waals surface area contributed by atoms with Gasteiger partial charge in [-0.25, -0.2) is 4.79 Å². The number of rotatable bonds is 3. The van der Waals surface area contributed by atoms with E-state index in [0.717, 1.165) is 6.08 Å². The predicted molar refractivity (Wildman–Crippen MR) is 36.8 cm³/mol. The Hall–Kier alpha value is -0.156. The van der Waals surface area contributed by atoms with E-state index in [1.165, 1.54) is 0 Å². The van der Waals surface area contributed by atoms with Gasteiger partial charge in [-0.3, -0.25) is 0 Å². The number of aliphatic hydroxyl groups is 1. The number of carboxylic acid groups (broad SMARTS) is 1. The number of aliphatic carboxylic acids is 1. The number of aliphatic hydroxyl groups excluding tert-OH is 1. The summed E-state index contributed by atoms with van der Waals surface area (Å²) in [5.74, 6) is -0.981. The van der Waals surface area contributed by atoms with E-state index in [9.17, 15) is 4.79 Å². The van der Waals surface area contributed by atoms with Crippen molar-refractivity contribution in [2.24, 2.45) is 0 Å². The Kier molecular flexibility index (Phi) is 25.5. The van der Waals surface area contributed by atoms with Crippen LogP contribution in [0.2, 0.25) is 0 Å². The summed E-state index contributed by atoms with van der Waals surface area (Å²) in [6, 6.07) is 0. The van der Waals surface area contributed by atoms with Crippen LogP contribution in [0.15, 0.2) is 12.7 Å². The summed E-state index contributed by atoms with van der Waals surface area (Å²) in [7, 11) is 1.55. The number of hydrogen-bond acceptors (Lipinski definition) is 3. The topological polar surface area (TPSA) is 66.8 Å². The molecule has 5 heteroatoms. The maximum absolute atomic E-state index is 9.25. The molecule has 0 fully saturated rings. The molecule has 0 rings (SSSR count). The molecule has 0 aliphatic heterocycles. The van der Waals surface area contributed by atoms with Gasteiger partial charge in [0.15, 0.2) is 0 Å². The maximum Gasteiger partial charge on any atom is 0.327 e. The third kappa shape index (κ3) is 41.0. The van der Waals surface area contributed by atoms with Gasteiger partial charge in [-0.05, 0) is 0 Å². The Morgan fingerprint density at radius 3 is 2.09 bits per heavy atom. The SMILES string of the molecule is C=CC(=O)O.COCCO.[Ti]. The Morgan fingerprint density at radius 2 is 2.09 bits per heavy atom. The van der Waals surface area contributed by atoms with Crippen molar-refractivity contribution in [2.45, 2.75) is 0 Å². The smallest absolute Gasteiger partial charge is 0.327 e. The molecule has 0 saturated heterocycles. The average Bonchev–Trinajstić information content (AvgIpc) is 1.91. The number of hydrogen-bond donors (Lipinski definition) is 2. The zero-order valence-electron chi connectivity index (χ0n) is 6.41. The van der Waals surface area contributed by atoms with Gasteiger partial charge in [-0.1, -0.05) is 6.58 Å². The van der Waals surface area contributed by atoms with Crippen LogP contribution in [-0.4, -0.2) is 36.5 Å². The van der Waals surface area contributed by atoms with Crippen LogP contribution >= 0.6 is 0 Å². The fraction of sp³-hybridized carbons (Fsp3) is 0.500.